The highest BCUT2D eigenvalue weighted by molar-refractivity contribution is 7.91. The van der Waals surface area contributed by atoms with E-state index in [0.29, 0.717) is 5.75 Å². The van der Waals surface area contributed by atoms with Crippen LogP contribution in [0, 0.1) is 0 Å². The predicted molar refractivity (Wildman–Crippen MR) is 99.8 cm³/mol. The molecule has 0 aliphatic carbocycles. The molecule has 28 heavy (non-hydrogen) atoms. The highest BCUT2D eigenvalue weighted by Gasteiger charge is 2.31. The fourth-order valence-electron chi connectivity index (χ4n) is 3.23. The molecule has 0 bridgehead atoms. The molecule has 1 atom stereocenters. The van der Waals surface area contributed by atoms with Crippen LogP contribution in [0.25, 0.3) is 0 Å². The number of alkyl halides is 3. The van der Waals surface area contributed by atoms with E-state index in [1.807, 2.05) is 4.90 Å². The van der Waals surface area contributed by atoms with Crippen LogP contribution in [0.15, 0.2) is 59.5 Å². The third kappa shape index (κ3) is 5.26. The predicted octanol–water partition coefficient (Wildman–Crippen LogP) is 4.37. The summed E-state index contributed by atoms with van der Waals surface area (Å²) in [5.74, 6) is 0.195. The minimum atomic E-state index is -4.41. The molecule has 2 aromatic rings. The highest BCUT2D eigenvalue weighted by Crippen LogP contribution is 2.31. The molecule has 8 heteroatoms. The normalized spacial score (nSPS) is 16.8. The molecule has 0 spiro atoms. The van der Waals surface area contributed by atoms with E-state index < -0.39 is 27.8 Å². The zero-order valence-corrected chi connectivity index (χ0v) is 16.0. The quantitative estimate of drug-likeness (QED) is 0.676. The Morgan fingerprint density at radius 2 is 1.57 bits per heavy atom. The van der Waals surface area contributed by atoms with Gasteiger partial charge >= 0.3 is 6.18 Å². The minimum absolute atomic E-state index is 0.0984. The number of nitrogens with zero attached hydrogens (tertiary/aromatic N) is 1. The second kappa shape index (κ2) is 8.53. The SMILES string of the molecule is O=S(=O)(CC[C@H](Oc1ccc(C(F)(F)F)cc1)N1CCCC1)c1ccccc1. The Kier molecular flexibility index (Phi) is 6.30. The number of hydrogen-bond acceptors (Lipinski definition) is 4. The van der Waals surface area contributed by atoms with Gasteiger partial charge in [-0.2, -0.15) is 13.2 Å². The first-order chi connectivity index (χ1) is 13.3. The second-order valence-electron chi connectivity index (χ2n) is 6.76. The average molecular weight is 413 g/mol. The summed E-state index contributed by atoms with van der Waals surface area (Å²) in [4.78, 5) is 2.29. The minimum Gasteiger partial charge on any atom is -0.475 e. The molecule has 152 valence electrons. The van der Waals surface area contributed by atoms with Crippen LogP contribution in [0.5, 0.6) is 5.75 Å². The van der Waals surface area contributed by atoms with Crippen LogP contribution >= 0.6 is 0 Å². The summed E-state index contributed by atoms with van der Waals surface area (Å²) in [6.07, 6.45) is -2.70. The van der Waals surface area contributed by atoms with Gasteiger partial charge in [-0.1, -0.05) is 18.2 Å². The van der Waals surface area contributed by atoms with Crippen molar-refractivity contribution >= 4 is 9.84 Å². The maximum Gasteiger partial charge on any atom is 0.416 e. The van der Waals surface area contributed by atoms with E-state index in [-0.39, 0.29) is 17.1 Å². The Bertz CT molecular complexity index is 862. The van der Waals surface area contributed by atoms with E-state index in [2.05, 4.69) is 0 Å². The van der Waals surface area contributed by atoms with Gasteiger partial charge in [-0.25, -0.2) is 8.42 Å². The summed E-state index contributed by atoms with van der Waals surface area (Å²) in [6.45, 7) is 1.55. The lowest BCUT2D eigenvalue weighted by atomic mass is 10.2. The van der Waals surface area contributed by atoms with Gasteiger partial charge in [0.25, 0.3) is 0 Å². The van der Waals surface area contributed by atoms with E-state index in [1.165, 1.54) is 12.1 Å². The van der Waals surface area contributed by atoms with Gasteiger partial charge in [0.2, 0.25) is 0 Å². The number of hydrogen-bond donors (Lipinski definition) is 0. The van der Waals surface area contributed by atoms with Crippen LogP contribution in [0.4, 0.5) is 13.2 Å². The fourth-order valence-corrected chi connectivity index (χ4v) is 4.55. The molecule has 1 fully saturated rings. The van der Waals surface area contributed by atoms with Crippen molar-refractivity contribution in [1.82, 2.24) is 4.90 Å². The lowest BCUT2D eigenvalue weighted by Gasteiger charge is -2.28. The summed E-state index contributed by atoms with van der Waals surface area (Å²) in [6, 6.07) is 12.7. The lowest BCUT2D eigenvalue weighted by molar-refractivity contribution is -0.137. The molecule has 0 N–H and O–H groups in total. The van der Waals surface area contributed by atoms with Crippen molar-refractivity contribution in [3.63, 3.8) is 0 Å². The molecule has 1 aliphatic rings. The van der Waals surface area contributed by atoms with Crippen molar-refractivity contribution < 1.29 is 26.3 Å². The monoisotopic (exact) mass is 413 g/mol. The number of sulfone groups is 1. The van der Waals surface area contributed by atoms with E-state index in [4.69, 9.17) is 4.74 Å². The third-order valence-corrected chi connectivity index (χ3v) is 6.50. The van der Waals surface area contributed by atoms with Gasteiger partial charge < -0.3 is 4.74 Å². The topological polar surface area (TPSA) is 46.6 Å². The van der Waals surface area contributed by atoms with Gasteiger partial charge in [0.1, 0.15) is 5.75 Å². The molecule has 1 saturated heterocycles. The molecule has 2 aromatic carbocycles. The van der Waals surface area contributed by atoms with E-state index in [9.17, 15) is 21.6 Å². The van der Waals surface area contributed by atoms with Gasteiger partial charge in [-0.15, -0.1) is 0 Å². The highest BCUT2D eigenvalue weighted by atomic mass is 32.2. The summed E-state index contributed by atoms with van der Waals surface area (Å²) >= 11 is 0. The average Bonchev–Trinajstić information content (AvgIpc) is 3.20. The maximum absolute atomic E-state index is 12.7. The van der Waals surface area contributed by atoms with Gasteiger partial charge in [0.05, 0.1) is 16.2 Å². The number of ether oxygens (including phenoxy) is 1. The van der Waals surface area contributed by atoms with Crippen molar-refractivity contribution in [2.24, 2.45) is 0 Å². The molecule has 0 unspecified atom stereocenters. The zero-order chi connectivity index (χ0) is 20.2. The molecular formula is C20H22F3NO3S. The Hall–Kier alpha value is -2.06. The molecule has 4 nitrogen and oxygen atoms in total. The van der Waals surface area contributed by atoms with Crippen molar-refractivity contribution in [1.29, 1.82) is 0 Å². The lowest BCUT2D eigenvalue weighted by Crippen LogP contribution is -2.38. The van der Waals surface area contributed by atoms with Gasteiger partial charge in [0.15, 0.2) is 16.1 Å². The summed E-state index contributed by atoms with van der Waals surface area (Å²) in [7, 11) is -3.46. The number of rotatable bonds is 7. The first-order valence-corrected chi connectivity index (χ1v) is 10.8. The van der Waals surface area contributed by atoms with Crippen LogP contribution in [-0.4, -0.2) is 38.4 Å². The maximum atomic E-state index is 12.7. The van der Waals surface area contributed by atoms with E-state index in [0.717, 1.165) is 38.1 Å². The van der Waals surface area contributed by atoms with Crippen LogP contribution in [0.2, 0.25) is 0 Å². The van der Waals surface area contributed by atoms with Crippen LogP contribution in [0.3, 0.4) is 0 Å². The van der Waals surface area contributed by atoms with Crippen molar-refractivity contribution in [2.75, 3.05) is 18.8 Å². The molecule has 0 radical (unpaired) electrons. The summed E-state index contributed by atoms with van der Waals surface area (Å²) < 4.78 is 69.2. The van der Waals surface area contributed by atoms with E-state index in [1.54, 1.807) is 30.3 Å². The standard InChI is InChI=1S/C20H22F3NO3S/c21-20(22,23)16-8-10-17(11-9-16)27-19(24-13-4-5-14-24)12-15-28(25,26)18-6-2-1-3-7-18/h1-3,6-11,19H,4-5,12-15H2/t19-/m0/s1. The smallest absolute Gasteiger partial charge is 0.416 e. The molecular weight excluding hydrogens is 391 g/mol. The first kappa shape index (κ1) is 20.7. The van der Waals surface area contributed by atoms with Crippen LogP contribution in [-0.2, 0) is 16.0 Å². The summed E-state index contributed by atoms with van der Waals surface area (Å²) in [5.41, 5.74) is -0.746. The number of benzene rings is 2. The first-order valence-electron chi connectivity index (χ1n) is 9.11. The summed E-state index contributed by atoms with van der Waals surface area (Å²) in [5, 5.41) is 0. The van der Waals surface area contributed by atoms with Gasteiger partial charge in [-0.3, -0.25) is 4.90 Å². The van der Waals surface area contributed by atoms with Crippen molar-refractivity contribution in [3.05, 3.63) is 60.2 Å². The molecule has 1 aliphatic heterocycles. The molecule has 0 amide bonds. The van der Waals surface area contributed by atoms with Crippen molar-refractivity contribution in [3.8, 4) is 5.75 Å². The van der Waals surface area contributed by atoms with Crippen molar-refractivity contribution in [2.45, 2.75) is 36.6 Å². The van der Waals surface area contributed by atoms with E-state index >= 15 is 0 Å². The second-order valence-corrected chi connectivity index (χ2v) is 8.87. The molecule has 0 aromatic heterocycles. The molecule has 3 rings (SSSR count). The fraction of sp³-hybridized carbons (Fsp3) is 0.400. The van der Waals surface area contributed by atoms with Gasteiger partial charge in [-0.05, 0) is 49.2 Å². The van der Waals surface area contributed by atoms with Gasteiger partial charge in [0, 0.05) is 19.5 Å². The van der Waals surface area contributed by atoms with Crippen LogP contribution < -0.4 is 4.74 Å². The third-order valence-electron chi connectivity index (χ3n) is 4.74. The number of halogens is 3. The Labute approximate surface area is 162 Å². The Morgan fingerprint density at radius 3 is 2.14 bits per heavy atom. The zero-order valence-electron chi connectivity index (χ0n) is 15.2. The Balaban J connectivity index is 1.71. The number of likely N-dealkylation sites (tertiary alicyclic amines) is 1. The van der Waals surface area contributed by atoms with Crippen LogP contribution in [0.1, 0.15) is 24.8 Å². The Morgan fingerprint density at radius 1 is 0.964 bits per heavy atom. The largest absolute Gasteiger partial charge is 0.475 e. The molecule has 0 saturated carbocycles. The molecule has 1 heterocycles.